The summed E-state index contributed by atoms with van der Waals surface area (Å²) in [5.41, 5.74) is 2.64. The van der Waals surface area contributed by atoms with Gasteiger partial charge < -0.3 is 15.5 Å². The van der Waals surface area contributed by atoms with Gasteiger partial charge in [-0.2, -0.15) is 0 Å². The summed E-state index contributed by atoms with van der Waals surface area (Å²) in [4.78, 5) is 26.6. The van der Waals surface area contributed by atoms with Crippen molar-refractivity contribution >= 4 is 11.9 Å². The highest BCUT2D eigenvalue weighted by Gasteiger charge is 2.44. The van der Waals surface area contributed by atoms with Crippen LogP contribution in [0.3, 0.4) is 0 Å². The van der Waals surface area contributed by atoms with Crippen LogP contribution in [-0.4, -0.2) is 16.8 Å². The van der Waals surface area contributed by atoms with Gasteiger partial charge in [-0.05, 0) is 11.1 Å². The van der Waals surface area contributed by atoms with Crippen molar-refractivity contribution in [2.45, 2.75) is 12.6 Å². The van der Waals surface area contributed by atoms with Gasteiger partial charge in [0.2, 0.25) is 5.91 Å². The Morgan fingerprint density at radius 3 is 2.29 bits per heavy atom. The van der Waals surface area contributed by atoms with Gasteiger partial charge in [0.1, 0.15) is 5.92 Å². The molecule has 0 radical (unpaired) electrons. The van der Waals surface area contributed by atoms with Crippen molar-refractivity contribution in [3.8, 4) is 0 Å². The Morgan fingerprint density at radius 2 is 1.58 bits per heavy atom. The highest BCUT2D eigenvalue weighted by molar-refractivity contribution is 5.91. The normalized spacial score (nSPS) is 22.5. The lowest BCUT2D eigenvalue weighted by Gasteiger charge is -2.31. The molecule has 0 aromatic heterocycles. The van der Waals surface area contributed by atoms with E-state index in [9.17, 15) is 9.59 Å². The summed E-state index contributed by atoms with van der Waals surface area (Å²) in [6.45, 7) is 0.497. The topological polar surface area (TPSA) is 61.4 Å². The van der Waals surface area contributed by atoms with Crippen LogP contribution in [0.5, 0.6) is 0 Å². The summed E-state index contributed by atoms with van der Waals surface area (Å²) in [5.74, 6) is -0.413. The first kappa shape index (κ1) is 14.5. The van der Waals surface area contributed by atoms with Crippen molar-refractivity contribution in [1.29, 1.82) is 0 Å². The van der Waals surface area contributed by atoms with Crippen LogP contribution in [0.4, 0.5) is 4.79 Å². The van der Waals surface area contributed by atoms with E-state index in [1.54, 1.807) is 11.1 Å². The number of nitrogens with zero attached hydrogens (tertiary/aromatic N) is 1. The molecule has 4 rings (SSSR count). The van der Waals surface area contributed by atoms with Crippen molar-refractivity contribution in [3.05, 3.63) is 83.7 Å². The third-order valence-corrected chi connectivity index (χ3v) is 4.41. The standard InChI is InChI=1S/C19H17N3O2/c23-18-16-15(12-22(18)11-13-7-3-1-4-8-13)20-19(24)21-17(16)14-9-5-2-6-10-14/h1-10,12,16-17H,11H2,(H2,20,21,24). The fourth-order valence-electron chi connectivity index (χ4n) is 3.29. The fraction of sp³-hybridized carbons (Fsp3) is 0.158. The number of hydrogen-bond acceptors (Lipinski definition) is 2. The molecule has 0 aliphatic carbocycles. The number of carbonyl (C=O) groups is 2. The van der Waals surface area contributed by atoms with Crippen LogP contribution in [0.25, 0.3) is 0 Å². The minimum atomic E-state index is -0.409. The van der Waals surface area contributed by atoms with E-state index in [1.807, 2.05) is 60.7 Å². The van der Waals surface area contributed by atoms with Crippen molar-refractivity contribution < 1.29 is 9.59 Å². The summed E-state index contributed by atoms with van der Waals surface area (Å²) in [5, 5.41) is 5.65. The Kier molecular flexibility index (Phi) is 3.54. The van der Waals surface area contributed by atoms with Crippen LogP contribution >= 0.6 is 0 Å². The molecule has 0 bridgehead atoms. The first-order valence-electron chi connectivity index (χ1n) is 7.91. The maximum absolute atomic E-state index is 12.9. The van der Waals surface area contributed by atoms with Gasteiger partial charge in [-0.25, -0.2) is 4.79 Å². The molecule has 2 aromatic rings. The van der Waals surface area contributed by atoms with Crippen LogP contribution in [0.1, 0.15) is 17.2 Å². The Hall–Kier alpha value is -3.08. The lowest BCUT2D eigenvalue weighted by atomic mass is 9.89. The zero-order valence-electron chi connectivity index (χ0n) is 13.0. The third-order valence-electron chi connectivity index (χ3n) is 4.41. The molecule has 2 N–H and O–H groups in total. The SMILES string of the molecule is O=C1NC2=CN(Cc3ccccc3)C(=O)C2C(c2ccccc2)N1. The zero-order valence-corrected chi connectivity index (χ0v) is 13.0. The largest absolute Gasteiger partial charge is 0.330 e. The van der Waals surface area contributed by atoms with Gasteiger partial charge in [0.25, 0.3) is 0 Å². The monoisotopic (exact) mass is 319 g/mol. The number of rotatable bonds is 3. The molecule has 5 heteroatoms. The number of hydrogen-bond donors (Lipinski definition) is 2. The fourth-order valence-corrected chi connectivity index (χ4v) is 3.29. The van der Waals surface area contributed by atoms with E-state index in [1.165, 1.54) is 0 Å². The third kappa shape index (κ3) is 2.54. The zero-order chi connectivity index (χ0) is 16.5. The quantitative estimate of drug-likeness (QED) is 0.913. The Labute approximate surface area is 140 Å². The van der Waals surface area contributed by atoms with Gasteiger partial charge in [-0.1, -0.05) is 60.7 Å². The molecule has 5 nitrogen and oxygen atoms in total. The number of urea groups is 1. The summed E-state index contributed by atoms with van der Waals surface area (Å²) >= 11 is 0. The molecular weight excluding hydrogens is 302 g/mol. The van der Waals surface area contributed by atoms with Gasteiger partial charge >= 0.3 is 6.03 Å². The number of amides is 3. The van der Waals surface area contributed by atoms with E-state index in [0.29, 0.717) is 12.2 Å². The lowest BCUT2D eigenvalue weighted by Crippen LogP contribution is -2.50. The van der Waals surface area contributed by atoms with E-state index in [-0.39, 0.29) is 18.0 Å². The van der Waals surface area contributed by atoms with Gasteiger partial charge in [0.05, 0.1) is 18.3 Å². The molecule has 0 saturated carbocycles. The van der Waals surface area contributed by atoms with Crippen LogP contribution < -0.4 is 10.6 Å². The van der Waals surface area contributed by atoms with Crippen LogP contribution in [0, 0.1) is 5.92 Å². The molecule has 2 aromatic carbocycles. The van der Waals surface area contributed by atoms with E-state index < -0.39 is 5.92 Å². The molecule has 2 unspecified atom stereocenters. The predicted octanol–water partition coefficient (Wildman–Crippen LogP) is 2.54. The van der Waals surface area contributed by atoms with Crippen molar-refractivity contribution in [1.82, 2.24) is 15.5 Å². The molecule has 3 amide bonds. The van der Waals surface area contributed by atoms with Crippen LogP contribution in [-0.2, 0) is 11.3 Å². The van der Waals surface area contributed by atoms with Gasteiger partial charge in [-0.3, -0.25) is 4.79 Å². The smallest absolute Gasteiger partial charge is 0.319 e. The Bertz CT molecular complexity index is 802. The minimum Gasteiger partial charge on any atom is -0.330 e. The predicted molar refractivity (Wildman–Crippen MR) is 89.4 cm³/mol. The van der Waals surface area contributed by atoms with Crippen molar-refractivity contribution in [2.75, 3.05) is 0 Å². The van der Waals surface area contributed by atoms with E-state index in [0.717, 1.165) is 11.1 Å². The second kappa shape index (κ2) is 5.85. The molecule has 120 valence electrons. The van der Waals surface area contributed by atoms with Crippen LogP contribution in [0.2, 0.25) is 0 Å². The maximum atomic E-state index is 12.9. The van der Waals surface area contributed by atoms with E-state index in [4.69, 9.17) is 0 Å². The maximum Gasteiger partial charge on any atom is 0.319 e. The molecule has 2 aliphatic heterocycles. The Morgan fingerprint density at radius 1 is 0.917 bits per heavy atom. The van der Waals surface area contributed by atoms with Crippen LogP contribution in [0.15, 0.2) is 72.6 Å². The van der Waals surface area contributed by atoms with Crippen molar-refractivity contribution in [3.63, 3.8) is 0 Å². The summed E-state index contributed by atoms with van der Waals surface area (Å²) in [6.07, 6.45) is 1.76. The minimum absolute atomic E-state index is 0.00444. The summed E-state index contributed by atoms with van der Waals surface area (Å²) in [6, 6.07) is 18.8. The highest BCUT2D eigenvalue weighted by atomic mass is 16.2. The number of benzene rings is 2. The number of nitrogens with one attached hydrogen (secondary N) is 2. The molecule has 2 atom stereocenters. The van der Waals surface area contributed by atoms with Gasteiger partial charge in [0.15, 0.2) is 0 Å². The second-order valence-electron chi connectivity index (χ2n) is 6.00. The first-order chi connectivity index (χ1) is 11.7. The lowest BCUT2D eigenvalue weighted by molar-refractivity contribution is -0.131. The average molecular weight is 319 g/mol. The first-order valence-corrected chi connectivity index (χ1v) is 7.91. The Balaban J connectivity index is 1.63. The average Bonchev–Trinajstić information content (AvgIpc) is 2.91. The molecule has 1 saturated heterocycles. The molecule has 1 fully saturated rings. The molecule has 2 heterocycles. The highest BCUT2D eigenvalue weighted by Crippen LogP contribution is 2.36. The van der Waals surface area contributed by atoms with Gasteiger partial charge in [-0.15, -0.1) is 0 Å². The molecular formula is C19H17N3O2. The van der Waals surface area contributed by atoms with Crippen molar-refractivity contribution in [2.24, 2.45) is 5.92 Å². The molecule has 2 aliphatic rings. The second-order valence-corrected chi connectivity index (χ2v) is 6.00. The summed E-state index contributed by atoms with van der Waals surface area (Å²) < 4.78 is 0. The molecule has 24 heavy (non-hydrogen) atoms. The van der Waals surface area contributed by atoms with E-state index in [2.05, 4.69) is 10.6 Å². The molecule has 0 spiro atoms. The van der Waals surface area contributed by atoms with Gasteiger partial charge in [0, 0.05) is 6.20 Å². The number of carbonyl (C=O) groups excluding carboxylic acids is 2. The van der Waals surface area contributed by atoms with E-state index >= 15 is 0 Å². The summed E-state index contributed by atoms with van der Waals surface area (Å²) in [7, 11) is 0. The number of fused-ring (bicyclic) bond motifs is 1.